The zero-order valence-electron chi connectivity index (χ0n) is 40.8. The largest absolute Gasteiger partial charge is 0.463 e. The number of carbonyl (C=O) groups is 2. The zero-order valence-corrected chi connectivity index (χ0v) is 46.1. The number of rotatable bonds is 10. The molecule has 0 amide bonds. The van der Waals surface area contributed by atoms with Crippen molar-refractivity contribution in [3.63, 3.8) is 0 Å². The summed E-state index contributed by atoms with van der Waals surface area (Å²) >= 11 is 43.1. The minimum Gasteiger partial charge on any atom is -0.463 e. The highest BCUT2D eigenvalue weighted by atomic mass is 35.5. The fraction of sp³-hybridized carbons (Fsp3) is 0.167. The monoisotopic (exact) mass is 1170 g/mol. The van der Waals surface area contributed by atoms with Crippen LogP contribution in [0.25, 0.3) is 66.1 Å². The maximum absolute atomic E-state index is 11.9. The van der Waals surface area contributed by atoms with E-state index >= 15 is 0 Å². The van der Waals surface area contributed by atoms with Crippen LogP contribution in [0.2, 0.25) is 30.1 Å². The lowest BCUT2D eigenvalue weighted by molar-refractivity contribution is 0.0574. The van der Waals surface area contributed by atoms with Gasteiger partial charge in [-0.05, 0) is 36.4 Å². The molecule has 6 aromatic carbocycles. The van der Waals surface area contributed by atoms with Crippen LogP contribution in [0.15, 0.2) is 122 Å². The summed E-state index contributed by atoms with van der Waals surface area (Å²) in [6.07, 6.45) is 2.81. The Hall–Kier alpha value is -7.02. The molecular weight excluding hydrogens is 1130 g/mol. The topological polar surface area (TPSA) is 167 Å². The first-order valence-electron chi connectivity index (χ1n) is 22.8. The lowest BCUT2D eigenvalue weighted by Crippen LogP contribution is -2.15. The van der Waals surface area contributed by atoms with Crippen molar-refractivity contribution in [3.8, 4) is 33.4 Å². The van der Waals surface area contributed by atoms with Crippen molar-refractivity contribution in [1.29, 1.82) is 0 Å². The Kier molecular flexibility index (Phi) is 17.6. The third kappa shape index (κ3) is 11.7. The van der Waals surface area contributed by atoms with Crippen molar-refractivity contribution in [1.82, 2.24) is 58.9 Å². The summed E-state index contributed by atoms with van der Waals surface area (Å²) in [4.78, 5) is 31.4. The molecule has 0 bridgehead atoms. The van der Waals surface area contributed by atoms with E-state index in [1.54, 1.807) is 44.4 Å². The molecule has 0 aliphatic carbocycles. The van der Waals surface area contributed by atoms with Crippen molar-refractivity contribution in [2.45, 2.75) is 26.4 Å². The number of aryl methyl sites for hydroxylation is 3. The first-order chi connectivity index (χ1) is 36.6. The molecule has 77 heavy (non-hydrogen) atoms. The van der Waals surface area contributed by atoms with E-state index in [1.807, 2.05) is 105 Å². The summed E-state index contributed by atoms with van der Waals surface area (Å²) in [5.41, 5.74) is 10.7. The number of hydrogen-bond donors (Lipinski definition) is 0. The van der Waals surface area contributed by atoms with Crippen LogP contribution in [-0.2, 0) is 49.6 Å². The number of fused-ring (bicyclic) bond motifs is 3. The molecule has 0 fully saturated rings. The van der Waals surface area contributed by atoms with E-state index in [4.69, 9.17) is 85.9 Å². The van der Waals surface area contributed by atoms with E-state index in [1.165, 1.54) is 31.6 Å². The zero-order chi connectivity index (χ0) is 53.9. The maximum atomic E-state index is 11.9. The van der Waals surface area contributed by atoms with Gasteiger partial charge in [-0.3, -0.25) is 14.0 Å². The summed E-state index contributed by atoms with van der Waals surface area (Å²) in [5, 5.41) is 28.7. The van der Waals surface area contributed by atoms with Gasteiger partial charge in [-0.2, -0.15) is 20.4 Å². The first-order valence-corrected chi connectivity index (χ1v) is 25.6. The van der Waals surface area contributed by atoms with E-state index < -0.39 is 11.9 Å². The second kappa shape index (κ2) is 24.1. The Balaban J connectivity index is 0.000000154. The van der Waals surface area contributed by atoms with Gasteiger partial charge in [-0.15, -0.1) is 16.7 Å². The Morgan fingerprint density at radius 2 is 0.922 bits per heavy atom. The standard InChI is InChI=1S/2C19H15Cl2N5O2.C15H11Cl3N2.CH4/c1-25-16(9-26-10-22-18(24-26)19(27)28-2)14-5-3-4-13(17(14)23-25)12-7-6-11(20)8-15(12)21;1-25-16(9-26-18(19(27)28-2)22-10-23-26)14-5-3-4-13(17(14)24-25)12-7-6-11(20)8-15(12)21;1-20-14(8-16)12-4-2-3-11(15(12)19-20)10-6-5-9(17)7-13(10)18;/h2*3-8,10H,9H2,1-2H3;2-7H,8H2,1H3;1H4. The number of methoxy groups -OCH3 is 2. The SMILES string of the molecule is C.COC(=O)c1ncn(Cc2c3cccc(-c4ccc(Cl)cc4Cl)c3nn2C)n1.COC(=O)c1ncnn1Cc1c2cccc(-c3ccc(Cl)cc3Cl)c2nn1C.Cn1nc2c(-c3ccc(Cl)cc3Cl)cccc2c1CCl. The molecule has 0 unspecified atom stereocenters. The fourth-order valence-corrected chi connectivity index (χ4v) is 10.4. The van der Waals surface area contributed by atoms with Crippen molar-refractivity contribution in [2.75, 3.05) is 14.2 Å². The van der Waals surface area contributed by atoms with E-state index in [0.717, 1.165) is 83.2 Å². The molecule has 5 aromatic heterocycles. The second-order valence-corrected chi connectivity index (χ2v) is 19.6. The molecule has 0 aliphatic heterocycles. The van der Waals surface area contributed by atoms with Crippen molar-refractivity contribution < 1.29 is 19.1 Å². The van der Waals surface area contributed by atoms with Crippen LogP contribution in [0, 0.1) is 0 Å². The Morgan fingerprint density at radius 3 is 1.34 bits per heavy atom. The van der Waals surface area contributed by atoms with Crippen molar-refractivity contribution in [2.24, 2.45) is 21.1 Å². The molecular formula is C54H45Cl7N12O4. The van der Waals surface area contributed by atoms with Crippen LogP contribution in [0.4, 0.5) is 0 Å². The van der Waals surface area contributed by atoms with Crippen molar-refractivity contribution in [3.05, 3.63) is 181 Å². The van der Waals surface area contributed by atoms with Gasteiger partial charge in [0.05, 0.1) is 50.3 Å². The summed E-state index contributed by atoms with van der Waals surface area (Å²) < 4.78 is 17.8. The molecule has 0 radical (unpaired) electrons. The summed E-state index contributed by atoms with van der Waals surface area (Å²) in [5.74, 6) is -0.549. The minimum atomic E-state index is -0.576. The van der Waals surface area contributed by atoms with Crippen LogP contribution >= 0.6 is 81.2 Å². The van der Waals surface area contributed by atoms with Crippen LogP contribution in [0.5, 0.6) is 0 Å². The van der Waals surface area contributed by atoms with Crippen LogP contribution in [-0.4, -0.2) is 85.0 Å². The first kappa shape index (κ1) is 56.2. The van der Waals surface area contributed by atoms with Crippen LogP contribution in [0.3, 0.4) is 0 Å². The molecule has 11 aromatic rings. The number of halogens is 7. The van der Waals surface area contributed by atoms with Gasteiger partial charge < -0.3 is 9.47 Å². The van der Waals surface area contributed by atoms with E-state index in [0.29, 0.717) is 49.1 Å². The van der Waals surface area contributed by atoms with Crippen LogP contribution < -0.4 is 0 Å². The average molecular weight is 1170 g/mol. The third-order valence-electron chi connectivity index (χ3n) is 12.3. The van der Waals surface area contributed by atoms with Gasteiger partial charge in [0.15, 0.2) is 0 Å². The van der Waals surface area contributed by atoms with E-state index in [2.05, 4.69) is 40.2 Å². The van der Waals surface area contributed by atoms with Crippen molar-refractivity contribution >= 4 is 126 Å². The highest BCUT2D eigenvalue weighted by Gasteiger charge is 2.21. The maximum Gasteiger partial charge on any atom is 0.377 e. The summed E-state index contributed by atoms with van der Waals surface area (Å²) in [6, 6.07) is 34.0. The Bertz CT molecular complexity index is 4000. The molecule has 23 heteroatoms. The smallest absolute Gasteiger partial charge is 0.377 e. The number of esters is 2. The number of hydrogen-bond acceptors (Lipinski definition) is 11. The fourth-order valence-electron chi connectivity index (χ4n) is 8.60. The predicted molar refractivity (Wildman–Crippen MR) is 306 cm³/mol. The molecule has 16 nitrogen and oxygen atoms in total. The van der Waals surface area contributed by atoms with Gasteiger partial charge in [0.25, 0.3) is 5.82 Å². The van der Waals surface area contributed by atoms with E-state index in [-0.39, 0.29) is 19.1 Å². The number of alkyl halides is 1. The van der Waals surface area contributed by atoms with Crippen LogP contribution in [0.1, 0.15) is 45.7 Å². The number of carbonyl (C=O) groups excluding carboxylic acids is 2. The number of ether oxygens (including phenoxy) is 2. The van der Waals surface area contributed by atoms with Gasteiger partial charge in [0, 0.05) is 101 Å². The summed E-state index contributed by atoms with van der Waals surface area (Å²) in [6.45, 7) is 0.712. The third-order valence-corrected chi connectivity index (χ3v) is 14.1. The molecule has 0 aliphatic rings. The molecule has 0 saturated carbocycles. The molecule has 394 valence electrons. The van der Waals surface area contributed by atoms with Gasteiger partial charge in [0.1, 0.15) is 29.2 Å². The molecule has 5 heterocycles. The molecule has 0 N–H and O–H groups in total. The highest BCUT2D eigenvalue weighted by molar-refractivity contribution is 6.38. The predicted octanol–water partition coefficient (Wildman–Crippen LogP) is 13.9. The summed E-state index contributed by atoms with van der Waals surface area (Å²) in [7, 11) is 8.20. The van der Waals surface area contributed by atoms with Gasteiger partial charge in [-0.25, -0.2) is 28.9 Å². The Labute approximate surface area is 476 Å². The molecule has 0 spiro atoms. The van der Waals surface area contributed by atoms with E-state index in [9.17, 15) is 9.59 Å². The van der Waals surface area contributed by atoms with Gasteiger partial charge in [-0.1, -0.05) is 150 Å². The molecule has 0 atom stereocenters. The number of benzene rings is 6. The lowest BCUT2D eigenvalue weighted by Gasteiger charge is -2.07. The number of aromatic nitrogens is 12. The average Bonchev–Trinajstić information content (AvgIpc) is 4.27. The van der Waals surface area contributed by atoms with Gasteiger partial charge >= 0.3 is 11.9 Å². The lowest BCUT2D eigenvalue weighted by atomic mass is 10.0. The van der Waals surface area contributed by atoms with Gasteiger partial charge in [0.2, 0.25) is 5.82 Å². The second-order valence-electron chi connectivity index (χ2n) is 16.8. The number of nitrogens with zero attached hydrogens (tertiary/aromatic N) is 12. The minimum absolute atomic E-state index is 0. The molecule has 11 rings (SSSR count). The Morgan fingerprint density at radius 1 is 0.506 bits per heavy atom. The quantitative estimate of drug-likeness (QED) is 0.0944. The molecule has 0 saturated heterocycles. The normalized spacial score (nSPS) is 11.0. The highest BCUT2D eigenvalue weighted by Crippen LogP contribution is 2.38.